The molecule has 0 bridgehead atoms. The number of fused-ring (bicyclic) bond motifs is 1. The van der Waals surface area contributed by atoms with Crippen LogP contribution in [0.5, 0.6) is 11.5 Å². The number of para-hydroxylation sites is 1. The molecule has 39 heavy (non-hydrogen) atoms. The first-order chi connectivity index (χ1) is 18.8. The Hall–Kier alpha value is -4.57. The fraction of sp³-hybridized carbons (Fsp3) is 0.172. The van der Waals surface area contributed by atoms with Gasteiger partial charge in [-0.15, -0.1) is 11.8 Å². The minimum atomic E-state index is -1.22. The average Bonchev–Trinajstić information content (AvgIpc) is 2.94. The van der Waals surface area contributed by atoms with E-state index in [4.69, 9.17) is 9.47 Å². The number of thioether (sulfide) groups is 1. The SMILES string of the molecule is COc1ccc(NC(=O)CNC(=O)c2ccccc2C(=O)O)c(SC)c1COc1cccc2ccc(C)nc12. The number of aryl methyl sites for hydroxylation is 1. The molecule has 0 aliphatic carbocycles. The quantitative estimate of drug-likeness (QED) is 0.240. The van der Waals surface area contributed by atoms with Crippen molar-refractivity contribution in [2.45, 2.75) is 18.4 Å². The van der Waals surface area contributed by atoms with E-state index in [9.17, 15) is 19.5 Å². The van der Waals surface area contributed by atoms with Gasteiger partial charge in [-0.05, 0) is 49.6 Å². The van der Waals surface area contributed by atoms with Crippen molar-refractivity contribution >= 4 is 46.1 Å². The summed E-state index contributed by atoms with van der Waals surface area (Å²) < 4.78 is 11.8. The zero-order valence-corrected chi connectivity index (χ0v) is 22.4. The molecule has 3 aromatic carbocycles. The molecule has 200 valence electrons. The van der Waals surface area contributed by atoms with E-state index in [2.05, 4.69) is 15.6 Å². The zero-order valence-electron chi connectivity index (χ0n) is 21.6. The average molecular weight is 546 g/mol. The van der Waals surface area contributed by atoms with Crippen molar-refractivity contribution in [3.05, 3.63) is 89.1 Å². The highest BCUT2D eigenvalue weighted by Crippen LogP contribution is 2.37. The van der Waals surface area contributed by atoms with Crippen LogP contribution in [0.4, 0.5) is 5.69 Å². The summed E-state index contributed by atoms with van der Waals surface area (Å²) in [5.74, 6) is -1.13. The highest BCUT2D eigenvalue weighted by Gasteiger charge is 2.19. The molecule has 4 aromatic rings. The van der Waals surface area contributed by atoms with Crippen LogP contribution in [0.25, 0.3) is 10.9 Å². The van der Waals surface area contributed by atoms with Gasteiger partial charge in [-0.3, -0.25) is 9.59 Å². The van der Waals surface area contributed by atoms with Gasteiger partial charge in [0.15, 0.2) is 0 Å². The number of hydrogen-bond donors (Lipinski definition) is 3. The molecule has 3 N–H and O–H groups in total. The van der Waals surface area contributed by atoms with Crippen molar-refractivity contribution in [1.29, 1.82) is 0 Å². The topological polar surface area (TPSA) is 127 Å². The lowest BCUT2D eigenvalue weighted by Gasteiger charge is -2.18. The first-order valence-electron chi connectivity index (χ1n) is 12.0. The summed E-state index contributed by atoms with van der Waals surface area (Å²) in [6, 6.07) is 18.9. The number of nitrogens with zero attached hydrogens (tertiary/aromatic N) is 1. The number of pyridine rings is 1. The third kappa shape index (κ3) is 6.29. The lowest BCUT2D eigenvalue weighted by Crippen LogP contribution is -2.33. The molecule has 10 heteroatoms. The fourth-order valence-electron chi connectivity index (χ4n) is 4.07. The molecule has 0 spiro atoms. The number of carboxylic acid groups (broad SMARTS) is 1. The Labute approximate surface area is 229 Å². The third-order valence-corrected chi connectivity index (χ3v) is 6.80. The summed E-state index contributed by atoms with van der Waals surface area (Å²) in [5.41, 5.74) is 2.74. The third-order valence-electron chi connectivity index (χ3n) is 5.92. The van der Waals surface area contributed by atoms with E-state index in [1.807, 2.05) is 43.5 Å². The van der Waals surface area contributed by atoms with Gasteiger partial charge in [0.1, 0.15) is 23.6 Å². The Morgan fingerprint density at radius 2 is 1.72 bits per heavy atom. The van der Waals surface area contributed by atoms with Crippen LogP contribution in [0.1, 0.15) is 32.0 Å². The van der Waals surface area contributed by atoms with Crippen LogP contribution >= 0.6 is 11.8 Å². The van der Waals surface area contributed by atoms with Crippen LogP contribution in [0, 0.1) is 6.92 Å². The van der Waals surface area contributed by atoms with E-state index < -0.39 is 17.8 Å². The number of aromatic carboxylic acids is 1. The number of nitrogens with one attached hydrogen (secondary N) is 2. The van der Waals surface area contributed by atoms with E-state index in [0.29, 0.717) is 17.2 Å². The molecule has 4 rings (SSSR count). The smallest absolute Gasteiger partial charge is 0.336 e. The summed E-state index contributed by atoms with van der Waals surface area (Å²) in [6.07, 6.45) is 1.88. The number of rotatable bonds is 10. The predicted molar refractivity (Wildman–Crippen MR) is 150 cm³/mol. The van der Waals surface area contributed by atoms with Crippen molar-refractivity contribution < 1.29 is 29.0 Å². The Kier molecular flexibility index (Phi) is 8.67. The molecular weight excluding hydrogens is 518 g/mol. The second kappa shape index (κ2) is 12.3. The second-order valence-corrected chi connectivity index (χ2v) is 9.29. The van der Waals surface area contributed by atoms with Gasteiger partial charge in [-0.1, -0.05) is 30.3 Å². The summed E-state index contributed by atoms with van der Waals surface area (Å²) in [4.78, 5) is 42.0. The maximum absolute atomic E-state index is 12.7. The van der Waals surface area contributed by atoms with Crippen LogP contribution in [0.15, 0.2) is 71.6 Å². The molecule has 0 aliphatic rings. The number of carbonyl (C=O) groups excluding carboxylic acids is 2. The maximum atomic E-state index is 12.7. The van der Waals surface area contributed by atoms with Crippen molar-refractivity contribution in [1.82, 2.24) is 10.3 Å². The standard InChI is InChI=1S/C29H27N3O6S/c1-17-11-12-18-7-6-10-24(26(18)31-17)38-16-21-23(37-2)14-13-22(27(21)39-3)32-25(33)15-30-28(34)19-8-4-5-9-20(19)29(35)36/h4-14H,15-16H2,1-3H3,(H,30,34)(H,32,33)(H,35,36). The number of anilines is 1. The lowest BCUT2D eigenvalue weighted by atomic mass is 10.1. The number of amides is 2. The van der Waals surface area contributed by atoms with Crippen LogP contribution in [0.3, 0.4) is 0 Å². The van der Waals surface area contributed by atoms with E-state index in [0.717, 1.165) is 27.1 Å². The molecule has 2 amide bonds. The highest BCUT2D eigenvalue weighted by atomic mass is 32.2. The number of aromatic nitrogens is 1. The van der Waals surface area contributed by atoms with Gasteiger partial charge in [-0.25, -0.2) is 9.78 Å². The van der Waals surface area contributed by atoms with Crippen LogP contribution < -0.4 is 20.1 Å². The lowest BCUT2D eigenvalue weighted by molar-refractivity contribution is -0.115. The molecule has 0 saturated heterocycles. The van der Waals surface area contributed by atoms with E-state index in [1.165, 1.54) is 30.0 Å². The number of ether oxygens (including phenoxy) is 2. The highest BCUT2D eigenvalue weighted by molar-refractivity contribution is 7.98. The molecule has 9 nitrogen and oxygen atoms in total. The minimum Gasteiger partial charge on any atom is -0.496 e. The van der Waals surface area contributed by atoms with Gasteiger partial charge >= 0.3 is 5.97 Å². The summed E-state index contributed by atoms with van der Waals surface area (Å²) in [5, 5.41) is 15.6. The molecule has 1 aromatic heterocycles. The number of benzene rings is 3. The number of carbonyl (C=O) groups is 3. The molecule has 0 saturated carbocycles. The maximum Gasteiger partial charge on any atom is 0.336 e. The van der Waals surface area contributed by atoms with Crippen molar-refractivity contribution in [2.75, 3.05) is 25.2 Å². The van der Waals surface area contributed by atoms with Gasteiger partial charge in [0.2, 0.25) is 5.91 Å². The minimum absolute atomic E-state index is 0.0235. The predicted octanol–water partition coefficient (Wildman–Crippen LogP) is 4.92. The number of methoxy groups -OCH3 is 1. The fourth-order valence-corrected chi connectivity index (χ4v) is 4.82. The van der Waals surface area contributed by atoms with E-state index in [1.54, 1.807) is 25.3 Å². The molecular formula is C29H27N3O6S. The Balaban J connectivity index is 1.51. The van der Waals surface area contributed by atoms with Crippen molar-refractivity contribution in [3.63, 3.8) is 0 Å². The summed E-state index contributed by atoms with van der Waals surface area (Å²) in [7, 11) is 1.56. The first-order valence-corrected chi connectivity index (χ1v) is 13.2. The number of carboxylic acids is 1. The number of hydrogen-bond acceptors (Lipinski definition) is 7. The largest absolute Gasteiger partial charge is 0.496 e. The van der Waals surface area contributed by atoms with E-state index >= 15 is 0 Å². The van der Waals surface area contributed by atoms with Crippen LogP contribution in [-0.2, 0) is 11.4 Å². The molecule has 0 atom stereocenters. The van der Waals surface area contributed by atoms with Gasteiger partial charge < -0.3 is 25.2 Å². The van der Waals surface area contributed by atoms with Crippen molar-refractivity contribution in [3.8, 4) is 11.5 Å². The van der Waals surface area contributed by atoms with Gasteiger partial charge in [-0.2, -0.15) is 0 Å². The second-order valence-electron chi connectivity index (χ2n) is 8.48. The Morgan fingerprint density at radius 1 is 0.949 bits per heavy atom. The monoisotopic (exact) mass is 545 g/mol. The molecule has 0 fully saturated rings. The molecule has 1 heterocycles. The molecule has 0 unspecified atom stereocenters. The van der Waals surface area contributed by atoms with Gasteiger partial charge in [0.25, 0.3) is 5.91 Å². The molecule has 0 aliphatic heterocycles. The zero-order chi connectivity index (χ0) is 27.9. The van der Waals surface area contributed by atoms with Crippen LogP contribution in [-0.4, -0.2) is 47.8 Å². The summed E-state index contributed by atoms with van der Waals surface area (Å²) in [6.45, 7) is 1.74. The molecule has 0 radical (unpaired) electrons. The summed E-state index contributed by atoms with van der Waals surface area (Å²) >= 11 is 1.42. The normalized spacial score (nSPS) is 10.6. The Bertz CT molecular complexity index is 1560. The first kappa shape index (κ1) is 27.5. The van der Waals surface area contributed by atoms with Gasteiger partial charge in [0.05, 0.1) is 30.5 Å². The van der Waals surface area contributed by atoms with Crippen molar-refractivity contribution in [2.24, 2.45) is 0 Å². The Morgan fingerprint density at radius 3 is 2.44 bits per heavy atom. The van der Waals surface area contributed by atoms with E-state index in [-0.39, 0.29) is 24.3 Å². The van der Waals surface area contributed by atoms with Crippen LogP contribution in [0.2, 0.25) is 0 Å². The van der Waals surface area contributed by atoms with Gasteiger partial charge in [0, 0.05) is 21.5 Å².